The van der Waals surface area contributed by atoms with Gasteiger partial charge < -0.3 is 24.3 Å². The maximum absolute atomic E-state index is 12.0. The van der Waals surface area contributed by atoms with Crippen LogP contribution in [0.4, 0.5) is 5.69 Å². The summed E-state index contributed by atoms with van der Waals surface area (Å²) in [5.74, 6) is 0.622. The Morgan fingerprint density at radius 3 is 2.56 bits per heavy atom. The fourth-order valence-electron chi connectivity index (χ4n) is 2.24. The number of anilines is 1. The van der Waals surface area contributed by atoms with Gasteiger partial charge >= 0.3 is 5.97 Å². The normalized spacial score (nSPS) is 15.2. The number of carbonyl (C=O) groups excluding carboxylic acids is 2. The highest BCUT2D eigenvalue weighted by Crippen LogP contribution is 2.31. The van der Waals surface area contributed by atoms with Crippen LogP contribution in [-0.2, 0) is 14.3 Å². The third-order valence-corrected chi connectivity index (χ3v) is 3.49. The Bertz CT molecular complexity index is 758. The Hall–Kier alpha value is -3.22. The summed E-state index contributed by atoms with van der Waals surface area (Å²) in [4.78, 5) is 23.9. The molecule has 7 nitrogen and oxygen atoms in total. The molecule has 0 fully saturated rings. The second kappa shape index (κ2) is 7.57. The molecule has 0 spiro atoms. The molecule has 0 aliphatic carbocycles. The van der Waals surface area contributed by atoms with E-state index in [1.165, 1.54) is 0 Å². The molecule has 1 N–H and O–H groups in total. The molecule has 1 amide bonds. The van der Waals surface area contributed by atoms with Crippen molar-refractivity contribution in [3.05, 3.63) is 48.5 Å². The zero-order valence-corrected chi connectivity index (χ0v) is 13.6. The summed E-state index contributed by atoms with van der Waals surface area (Å²) >= 11 is 0. The predicted octanol–water partition coefficient (Wildman–Crippen LogP) is 2.02. The Morgan fingerprint density at radius 2 is 1.84 bits per heavy atom. The lowest BCUT2D eigenvalue weighted by Crippen LogP contribution is -2.39. The van der Waals surface area contributed by atoms with Crippen LogP contribution in [-0.4, -0.2) is 38.3 Å². The number of esters is 1. The molecular formula is C18H17NO6. The van der Waals surface area contributed by atoms with Gasteiger partial charge in [0.05, 0.1) is 7.11 Å². The van der Waals surface area contributed by atoms with Gasteiger partial charge in [0, 0.05) is 5.69 Å². The lowest BCUT2D eigenvalue weighted by Gasteiger charge is -2.24. The minimum atomic E-state index is -0.899. The van der Waals surface area contributed by atoms with Gasteiger partial charge in [-0.15, -0.1) is 0 Å². The van der Waals surface area contributed by atoms with Crippen molar-refractivity contribution in [1.82, 2.24) is 0 Å². The van der Waals surface area contributed by atoms with Crippen molar-refractivity contribution >= 4 is 17.6 Å². The summed E-state index contributed by atoms with van der Waals surface area (Å²) in [6, 6.07) is 13.8. The molecule has 1 aliphatic rings. The smallest absolute Gasteiger partial charge is 0.351 e. The van der Waals surface area contributed by atoms with Gasteiger partial charge in [0.2, 0.25) is 6.10 Å². The molecule has 2 aromatic carbocycles. The third kappa shape index (κ3) is 4.20. The highest BCUT2D eigenvalue weighted by Gasteiger charge is 2.29. The number of methoxy groups -OCH3 is 1. The highest BCUT2D eigenvalue weighted by molar-refractivity contribution is 5.93. The molecular weight excluding hydrogens is 326 g/mol. The van der Waals surface area contributed by atoms with Gasteiger partial charge in [-0.25, -0.2) is 4.79 Å². The van der Waals surface area contributed by atoms with E-state index in [9.17, 15) is 9.59 Å². The summed E-state index contributed by atoms with van der Waals surface area (Å²) in [5.41, 5.74) is 0.577. The number of hydrogen-bond acceptors (Lipinski definition) is 6. The van der Waals surface area contributed by atoms with Crippen LogP contribution in [0.3, 0.4) is 0 Å². The molecule has 1 aliphatic heterocycles. The average molecular weight is 343 g/mol. The van der Waals surface area contributed by atoms with Crippen LogP contribution in [0.15, 0.2) is 48.5 Å². The molecule has 0 bridgehead atoms. The predicted molar refractivity (Wildman–Crippen MR) is 88.9 cm³/mol. The molecule has 0 aromatic heterocycles. The van der Waals surface area contributed by atoms with E-state index in [0.29, 0.717) is 22.9 Å². The van der Waals surface area contributed by atoms with E-state index in [0.717, 1.165) is 0 Å². The molecule has 0 unspecified atom stereocenters. The van der Waals surface area contributed by atoms with Crippen molar-refractivity contribution in [3.63, 3.8) is 0 Å². The number of amides is 1. The van der Waals surface area contributed by atoms with E-state index >= 15 is 0 Å². The van der Waals surface area contributed by atoms with E-state index in [1.54, 1.807) is 49.6 Å². The molecule has 2 aromatic rings. The van der Waals surface area contributed by atoms with Gasteiger partial charge in [0.25, 0.3) is 5.91 Å². The molecule has 0 radical (unpaired) electrons. The standard InChI is InChI=1S/C18H17NO6/c1-22-13-8-6-12(7-9-13)19-17(20)11-24-18(21)16-10-23-14-4-2-3-5-15(14)25-16/h2-9,16H,10-11H2,1H3,(H,19,20)/t16-/m1/s1. The number of hydrogen-bond donors (Lipinski definition) is 1. The molecule has 25 heavy (non-hydrogen) atoms. The van der Waals surface area contributed by atoms with Crippen molar-refractivity contribution in [2.75, 3.05) is 25.6 Å². The SMILES string of the molecule is COc1ccc(NC(=O)COC(=O)[C@H]2COc3ccccc3O2)cc1. The van der Waals surface area contributed by atoms with Crippen LogP contribution in [0, 0.1) is 0 Å². The lowest BCUT2D eigenvalue weighted by atomic mass is 10.2. The van der Waals surface area contributed by atoms with Crippen molar-refractivity contribution < 1.29 is 28.5 Å². The number of fused-ring (bicyclic) bond motifs is 1. The van der Waals surface area contributed by atoms with Crippen molar-refractivity contribution in [2.45, 2.75) is 6.10 Å². The third-order valence-electron chi connectivity index (χ3n) is 3.49. The quantitative estimate of drug-likeness (QED) is 0.836. The Labute approximate surface area is 144 Å². The number of nitrogens with one attached hydrogen (secondary N) is 1. The molecule has 7 heteroatoms. The van der Waals surface area contributed by atoms with Gasteiger partial charge in [0.1, 0.15) is 12.4 Å². The topological polar surface area (TPSA) is 83.1 Å². The maximum Gasteiger partial charge on any atom is 0.351 e. The molecule has 0 saturated heterocycles. The first-order chi connectivity index (χ1) is 12.2. The Morgan fingerprint density at radius 1 is 1.12 bits per heavy atom. The van der Waals surface area contributed by atoms with Gasteiger partial charge in [-0.05, 0) is 36.4 Å². The van der Waals surface area contributed by atoms with Gasteiger partial charge in [-0.1, -0.05) is 12.1 Å². The number of carbonyl (C=O) groups is 2. The van der Waals surface area contributed by atoms with Crippen LogP contribution in [0.5, 0.6) is 17.2 Å². The number of rotatable bonds is 5. The molecule has 130 valence electrons. The Balaban J connectivity index is 1.48. The fourth-order valence-corrected chi connectivity index (χ4v) is 2.24. The van der Waals surface area contributed by atoms with E-state index in [-0.39, 0.29) is 6.61 Å². The van der Waals surface area contributed by atoms with Crippen molar-refractivity contribution in [2.24, 2.45) is 0 Å². The number of para-hydroxylation sites is 2. The Kier molecular flexibility index (Phi) is 5.03. The zero-order valence-electron chi connectivity index (χ0n) is 13.6. The average Bonchev–Trinajstić information content (AvgIpc) is 2.66. The first-order valence-corrected chi connectivity index (χ1v) is 7.65. The highest BCUT2D eigenvalue weighted by atomic mass is 16.6. The number of benzene rings is 2. The summed E-state index contributed by atoms with van der Waals surface area (Å²) < 4.78 is 21.0. The summed E-state index contributed by atoms with van der Waals surface area (Å²) in [6.07, 6.45) is -0.899. The molecule has 1 heterocycles. The monoisotopic (exact) mass is 343 g/mol. The fraction of sp³-hybridized carbons (Fsp3) is 0.222. The van der Waals surface area contributed by atoms with Crippen molar-refractivity contribution in [3.8, 4) is 17.2 Å². The van der Waals surface area contributed by atoms with Crippen molar-refractivity contribution in [1.29, 1.82) is 0 Å². The van der Waals surface area contributed by atoms with Crippen LogP contribution in [0.25, 0.3) is 0 Å². The van der Waals surface area contributed by atoms with Gasteiger partial charge in [-0.3, -0.25) is 4.79 Å². The van der Waals surface area contributed by atoms with Crippen LogP contribution < -0.4 is 19.5 Å². The second-order valence-electron chi connectivity index (χ2n) is 5.25. The maximum atomic E-state index is 12.0. The van der Waals surface area contributed by atoms with Crippen LogP contribution >= 0.6 is 0 Å². The minimum Gasteiger partial charge on any atom is -0.497 e. The first kappa shape index (κ1) is 16.6. The van der Waals surface area contributed by atoms with E-state index in [1.807, 2.05) is 6.07 Å². The summed E-state index contributed by atoms with van der Waals surface area (Å²) in [7, 11) is 1.56. The second-order valence-corrected chi connectivity index (χ2v) is 5.25. The summed E-state index contributed by atoms with van der Waals surface area (Å²) in [5, 5.41) is 2.62. The lowest BCUT2D eigenvalue weighted by molar-refractivity contribution is -0.156. The minimum absolute atomic E-state index is 0.0376. The molecule has 0 saturated carbocycles. The van der Waals surface area contributed by atoms with Crippen LogP contribution in [0.2, 0.25) is 0 Å². The largest absolute Gasteiger partial charge is 0.497 e. The van der Waals surface area contributed by atoms with Crippen LogP contribution in [0.1, 0.15) is 0 Å². The van der Waals surface area contributed by atoms with Gasteiger partial charge in [0.15, 0.2) is 18.1 Å². The first-order valence-electron chi connectivity index (χ1n) is 7.65. The number of ether oxygens (including phenoxy) is 4. The van der Waals surface area contributed by atoms with Gasteiger partial charge in [-0.2, -0.15) is 0 Å². The zero-order chi connectivity index (χ0) is 17.6. The summed E-state index contributed by atoms with van der Waals surface area (Å²) in [6.45, 7) is -0.373. The molecule has 3 rings (SSSR count). The molecule has 1 atom stereocenters. The van der Waals surface area contributed by atoms with E-state index in [2.05, 4.69) is 5.32 Å². The van der Waals surface area contributed by atoms with E-state index in [4.69, 9.17) is 18.9 Å². The van der Waals surface area contributed by atoms with E-state index < -0.39 is 24.6 Å².